The standard InChI is InChI=1S/C21H17N5OS/c1-13-12-28-20(24-13)16-10-15(18-5-2-7-23-25-18)19-17-11-22-8-6-14(17)4-3-9-26(19)21(16)27/h2,5-8,10-12H,3-4,9H2,1H3. The van der Waals surface area contributed by atoms with Gasteiger partial charge in [0.05, 0.1) is 17.0 Å². The van der Waals surface area contributed by atoms with Gasteiger partial charge in [0.15, 0.2) is 0 Å². The third kappa shape index (κ3) is 2.75. The van der Waals surface area contributed by atoms with Crippen molar-refractivity contribution in [2.75, 3.05) is 0 Å². The van der Waals surface area contributed by atoms with Gasteiger partial charge in [-0.15, -0.1) is 11.3 Å². The summed E-state index contributed by atoms with van der Waals surface area (Å²) in [5, 5.41) is 11.1. The molecular weight excluding hydrogens is 370 g/mol. The zero-order valence-electron chi connectivity index (χ0n) is 15.3. The average molecular weight is 387 g/mol. The SMILES string of the molecule is Cc1csc(-c2cc(-c3cccnn3)c3n(c2=O)CCCc2ccncc2-3)n1. The van der Waals surface area contributed by atoms with Crippen LogP contribution < -0.4 is 5.56 Å². The molecule has 0 saturated heterocycles. The molecule has 1 aliphatic heterocycles. The highest BCUT2D eigenvalue weighted by Crippen LogP contribution is 2.36. The van der Waals surface area contributed by atoms with E-state index < -0.39 is 0 Å². The van der Waals surface area contributed by atoms with Gasteiger partial charge in [-0.3, -0.25) is 9.78 Å². The Morgan fingerprint density at radius 2 is 2.07 bits per heavy atom. The number of pyridine rings is 2. The van der Waals surface area contributed by atoms with Gasteiger partial charge in [0.25, 0.3) is 5.56 Å². The Kier molecular flexibility index (Phi) is 4.09. The number of thiazole rings is 1. The highest BCUT2D eigenvalue weighted by atomic mass is 32.1. The summed E-state index contributed by atoms with van der Waals surface area (Å²) in [6.45, 7) is 2.58. The second kappa shape index (κ2) is 6.76. The fourth-order valence-electron chi connectivity index (χ4n) is 3.72. The van der Waals surface area contributed by atoms with Gasteiger partial charge in [-0.25, -0.2) is 4.98 Å². The molecule has 0 unspecified atom stereocenters. The summed E-state index contributed by atoms with van der Waals surface area (Å²) in [6.07, 6.45) is 7.10. The lowest BCUT2D eigenvalue weighted by Crippen LogP contribution is -2.24. The summed E-state index contributed by atoms with van der Waals surface area (Å²) < 4.78 is 1.86. The average Bonchev–Trinajstić information content (AvgIpc) is 3.06. The molecule has 0 aliphatic carbocycles. The van der Waals surface area contributed by atoms with Crippen molar-refractivity contribution in [2.45, 2.75) is 26.3 Å². The number of fused-ring (bicyclic) bond motifs is 3. The summed E-state index contributed by atoms with van der Waals surface area (Å²) in [5.74, 6) is 0. The Bertz CT molecular complexity index is 1230. The van der Waals surface area contributed by atoms with E-state index in [1.165, 1.54) is 16.9 Å². The molecule has 0 aromatic carbocycles. The number of nitrogens with zero attached hydrogens (tertiary/aromatic N) is 5. The van der Waals surface area contributed by atoms with Crippen molar-refractivity contribution in [1.29, 1.82) is 0 Å². The first-order valence-corrected chi connectivity index (χ1v) is 10.0. The van der Waals surface area contributed by atoms with E-state index >= 15 is 0 Å². The van der Waals surface area contributed by atoms with E-state index in [0.29, 0.717) is 12.1 Å². The highest BCUT2D eigenvalue weighted by Gasteiger charge is 2.24. The molecule has 4 aromatic rings. The number of hydrogen-bond acceptors (Lipinski definition) is 6. The Morgan fingerprint density at radius 3 is 2.86 bits per heavy atom. The van der Waals surface area contributed by atoms with Gasteiger partial charge in [-0.2, -0.15) is 10.2 Å². The largest absolute Gasteiger partial charge is 0.307 e. The van der Waals surface area contributed by atoms with Gasteiger partial charge in [0, 0.05) is 47.3 Å². The fraction of sp³-hybridized carbons (Fsp3) is 0.190. The molecule has 7 heteroatoms. The van der Waals surface area contributed by atoms with Gasteiger partial charge in [0.2, 0.25) is 0 Å². The lowest BCUT2D eigenvalue weighted by Gasteiger charge is -2.17. The smallest absolute Gasteiger partial charge is 0.261 e. The highest BCUT2D eigenvalue weighted by molar-refractivity contribution is 7.13. The maximum absolute atomic E-state index is 13.4. The molecule has 1 aliphatic rings. The van der Waals surface area contributed by atoms with Crippen LogP contribution in [-0.2, 0) is 13.0 Å². The van der Waals surface area contributed by atoms with E-state index in [1.54, 1.807) is 12.4 Å². The third-order valence-corrected chi connectivity index (χ3v) is 5.97. The molecule has 4 aromatic heterocycles. The Morgan fingerprint density at radius 1 is 1.14 bits per heavy atom. The molecule has 0 fully saturated rings. The van der Waals surface area contributed by atoms with E-state index in [0.717, 1.165) is 46.1 Å². The molecule has 138 valence electrons. The van der Waals surface area contributed by atoms with Gasteiger partial charge in [0.1, 0.15) is 5.01 Å². The first-order valence-electron chi connectivity index (χ1n) is 9.14. The van der Waals surface area contributed by atoms with Crippen LogP contribution in [0.25, 0.3) is 33.1 Å². The summed E-state index contributed by atoms with van der Waals surface area (Å²) in [7, 11) is 0. The second-order valence-electron chi connectivity index (χ2n) is 6.82. The monoisotopic (exact) mass is 387 g/mol. The van der Waals surface area contributed by atoms with Crippen LogP contribution in [0, 0.1) is 6.92 Å². The van der Waals surface area contributed by atoms with Crippen LogP contribution in [0.4, 0.5) is 0 Å². The van der Waals surface area contributed by atoms with Crippen LogP contribution in [0.2, 0.25) is 0 Å². The van der Waals surface area contributed by atoms with Gasteiger partial charge in [-0.1, -0.05) is 0 Å². The molecule has 28 heavy (non-hydrogen) atoms. The van der Waals surface area contributed by atoms with Crippen molar-refractivity contribution in [1.82, 2.24) is 24.7 Å². The minimum absolute atomic E-state index is 0.0197. The number of hydrogen-bond donors (Lipinski definition) is 0. The Balaban J connectivity index is 1.89. The Hall–Kier alpha value is -3.19. The minimum atomic E-state index is -0.0197. The first-order chi connectivity index (χ1) is 13.7. The normalized spacial score (nSPS) is 12.9. The van der Waals surface area contributed by atoms with Crippen molar-refractivity contribution in [3.8, 4) is 33.1 Å². The molecule has 0 N–H and O–H groups in total. The lowest BCUT2D eigenvalue weighted by atomic mass is 9.98. The van der Waals surface area contributed by atoms with Crippen molar-refractivity contribution in [2.24, 2.45) is 0 Å². The molecule has 0 saturated carbocycles. The zero-order chi connectivity index (χ0) is 19.1. The van der Waals surface area contributed by atoms with E-state index in [-0.39, 0.29) is 5.56 Å². The number of aryl methyl sites for hydroxylation is 2. The van der Waals surface area contributed by atoms with Gasteiger partial charge < -0.3 is 4.57 Å². The summed E-state index contributed by atoms with van der Waals surface area (Å²) in [4.78, 5) is 22.3. The predicted octanol–water partition coefficient (Wildman–Crippen LogP) is 3.75. The van der Waals surface area contributed by atoms with Crippen LogP contribution in [0.5, 0.6) is 0 Å². The quantitative estimate of drug-likeness (QED) is 0.524. The summed E-state index contributed by atoms with van der Waals surface area (Å²) >= 11 is 1.49. The zero-order valence-corrected chi connectivity index (χ0v) is 16.1. The van der Waals surface area contributed by atoms with E-state index in [2.05, 4.69) is 20.2 Å². The number of aromatic nitrogens is 5. The molecule has 0 bridgehead atoms. The fourth-order valence-corrected chi connectivity index (χ4v) is 4.53. The molecule has 0 amide bonds. The van der Waals surface area contributed by atoms with Crippen LogP contribution >= 0.6 is 11.3 Å². The van der Waals surface area contributed by atoms with Crippen LogP contribution in [0.1, 0.15) is 17.7 Å². The van der Waals surface area contributed by atoms with E-state index in [9.17, 15) is 4.79 Å². The van der Waals surface area contributed by atoms with E-state index in [1.807, 2.05) is 47.3 Å². The van der Waals surface area contributed by atoms with Crippen LogP contribution in [0.3, 0.4) is 0 Å². The predicted molar refractivity (Wildman–Crippen MR) is 109 cm³/mol. The molecule has 5 heterocycles. The topological polar surface area (TPSA) is 73.6 Å². The van der Waals surface area contributed by atoms with Crippen molar-refractivity contribution in [3.05, 3.63) is 69.8 Å². The van der Waals surface area contributed by atoms with Crippen LogP contribution in [0.15, 0.2) is 53.0 Å². The maximum Gasteiger partial charge on any atom is 0.261 e. The summed E-state index contributed by atoms with van der Waals surface area (Å²) in [6, 6.07) is 7.73. The minimum Gasteiger partial charge on any atom is -0.307 e. The number of rotatable bonds is 2. The van der Waals surface area contributed by atoms with E-state index in [4.69, 9.17) is 0 Å². The van der Waals surface area contributed by atoms with Crippen molar-refractivity contribution < 1.29 is 0 Å². The first kappa shape index (κ1) is 16.9. The second-order valence-corrected chi connectivity index (χ2v) is 7.67. The molecule has 6 nitrogen and oxygen atoms in total. The summed E-state index contributed by atoms with van der Waals surface area (Å²) in [5.41, 5.74) is 6.16. The van der Waals surface area contributed by atoms with Crippen LogP contribution in [-0.4, -0.2) is 24.7 Å². The molecule has 5 rings (SSSR count). The molecule has 0 atom stereocenters. The molecule has 0 radical (unpaired) electrons. The maximum atomic E-state index is 13.4. The van der Waals surface area contributed by atoms with Crippen molar-refractivity contribution in [3.63, 3.8) is 0 Å². The molecular formula is C21H17N5OS. The molecule has 0 spiro atoms. The third-order valence-electron chi connectivity index (χ3n) is 4.98. The lowest BCUT2D eigenvalue weighted by molar-refractivity contribution is 0.642. The van der Waals surface area contributed by atoms with Gasteiger partial charge in [-0.05, 0) is 49.6 Å². The van der Waals surface area contributed by atoms with Crippen molar-refractivity contribution >= 4 is 11.3 Å². The van der Waals surface area contributed by atoms with Gasteiger partial charge >= 0.3 is 0 Å². The Labute approximate surface area is 165 Å².